The van der Waals surface area contributed by atoms with E-state index in [2.05, 4.69) is 27.7 Å². The van der Waals surface area contributed by atoms with Crippen molar-refractivity contribution in [3.05, 3.63) is 0 Å². The van der Waals surface area contributed by atoms with Gasteiger partial charge in [0.05, 0.1) is 5.41 Å². The van der Waals surface area contributed by atoms with Crippen molar-refractivity contribution < 1.29 is 14.7 Å². The van der Waals surface area contributed by atoms with Gasteiger partial charge in [-0.3, -0.25) is 4.79 Å². The molecule has 0 aliphatic carbocycles. The maximum atomic E-state index is 12.6. The van der Waals surface area contributed by atoms with Crippen LogP contribution in [0.1, 0.15) is 41.0 Å². The third-order valence-electron chi connectivity index (χ3n) is 3.70. The molecule has 5 nitrogen and oxygen atoms in total. The van der Waals surface area contributed by atoms with Crippen LogP contribution in [0.25, 0.3) is 0 Å². The Bertz CT molecular complexity index is 358. The van der Waals surface area contributed by atoms with Gasteiger partial charge in [-0.25, -0.2) is 4.79 Å². The van der Waals surface area contributed by atoms with Crippen LogP contribution in [0.3, 0.4) is 0 Å². The van der Waals surface area contributed by atoms with E-state index < -0.39 is 11.4 Å². The Morgan fingerprint density at radius 1 is 1.20 bits per heavy atom. The van der Waals surface area contributed by atoms with Gasteiger partial charge < -0.3 is 14.9 Å². The summed E-state index contributed by atoms with van der Waals surface area (Å²) in [6.45, 7) is 12.4. The topological polar surface area (TPSA) is 60.9 Å². The number of urea groups is 1. The lowest BCUT2D eigenvalue weighted by Crippen LogP contribution is -2.46. The van der Waals surface area contributed by atoms with Crippen LogP contribution in [0, 0.1) is 17.3 Å². The van der Waals surface area contributed by atoms with Crippen LogP contribution < -0.4 is 0 Å². The summed E-state index contributed by atoms with van der Waals surface area (Å²) in [7, 11) is 0. The Balaban J connectivity index is 2.73. The van der Waals surface area contributed by atoms with Crippen LogP contribution in [0.15, 0.2) is 0 Å². The number of carboxylic acids is 1. The van der Waals surface area contributed by atoms with E-state index in [9.17, 15) is 14.7 Å². The number of rotatable bonds is 5. The van der Waals surface area contributed by atoms with Gasteiger partial charge in [-0.1, -0.05) is 27.7 Å². The minimum Gasteiger partial charge on any atom is -0.481 e. The summed E-state index contributed by atoms with van der Waals surface area (Å²) in [5.74, 6) is 0.00406. The van der Waals surface area contributed by atoms with E-state index in [1.165, 1.54) is 0 Å². The first kappa shape index (κ1) is 16.8. The monoisotopic (exact) mass is 284 g/mol. The van der Waals surface area contributed by atoms with E-state index in [1.54, 1.807) is 11.8 Å². The number of nitrogens with zero attached hydrogens (tertiary/aromatic N) is 2. The second-order valence-electron chi connectivity index (χ2n) is 7.01. The molecule has 20 heavy (non-hydrogen) atoms. The van der Waals surface area contributed by atoms with Crippen LogP contribution in [0.2, 0.25) is 0 Å². The lowest BCUT2D eigenvalue weighted by atomic mass is 9.90. The van der Waals surface area contributed by atoms with Crippen molar-refractivity contribution in [2.75, 3.05) is 26.2 Å². The fraction of sp³-hybridized carbons (Fsp3) is 0.867. The molecule has 0 spiro atoms. The standard InChI is InChI=1S/C15H28N2O3/c1-11(2)8-17(9-12(3)4)14(20)16-7-6-15(5,10-16)13(18)19/h11-12H,6-10H2,1-5H3,(H,18,19). The summed E-state index contributed by atoms with van der Waals surface area (Å²) in [5.41, 5.74) is -0.795. The van der Waals surface area contributed by atoms with Crippen molar-refractivity contribution in [2.24, 2.45) is 17.3 Å². The zero-order valence-electron chi connectivity index (χ0n) is 13.3. The molecule has 0 aromatic rings. The van der Waals surface area contributed by atoms with Crippen molar-refractivity contribution in [1.29, 1.82) is 0 Å². The normalized spacial score (nSPS) is 22.6. The average molecular weight is 284 g/mol. The molecule has 1 unspecified atom stereocenters. The van der Waals surface area contributed by atoms with E-state index in [1.807, 2.05) is 4.90 Å². The molecule has 1 atom stereocenters. The highest BCUT2D eigenvalue weighted by Gasteiger charge is 2.43. The highest BCUT2D eigenvalue weighted by molar-refractivity contribution is 5.79. The van der Waals surface area contributed by atoms with Crippen LogP contribution in [0.4, 0.5) is 4.79 Å². The van der Waals surface area contributed by atoms with Crippen LogP contribution in [0.5, 0.6) is 0 Å². The fourth-order valence-corrected chi connectivity index (χ4v) is 2.61. The fourth-order valence-electron chi connectivity index (χ4n) is 2.61. The second-order valence-corrected chi connectivity index (χ2v) is 7.01. The van der Waals surface area contributed by atoms with Gasteiger partial charge in [0, 0.05) is 26.2 Å². The van der Waals surface area contributed by atoms with Gasteiger partial charge in [0.25, 0.3) is 0 Å². The van der Waals surface area contributed by atoms with Gasteiger partial charge in [0.1, 0.15) is 0 Å². The third-order valence-corrected chi connectivity index (χ3v) is 3.70. The molecule has 0 saturated carbocycles. The number of amides is 2. The first-order valence-corrected chi connectivity index (χ1v) is 7.43. The SMILES string of the molecule is CC(C)CN(CC(C)C)C(=O)N1CCC(C)(C(=O)O)C1. The quantitative estimate of drug-likeness (QED) is 0.844. The zero-order valence-corrected chi connectivity index (χ0v) is 13.3. The Hall–Kier alpha value is -1.26. The Morgan fingerprint density at radius 2 is 1.70 bits per heavy atom. The van der Waals surface area contributed by atoms with Crippen LogP contribution >= 0.6 is 0 Å². The van der Waals surface area contributed by atoms with E-state index in [0.29, 0.717) is 31.3 Å². The van der Waals surface area contributed by atoms with Crippen molar-refractivity contribution in [1.82, 2.24) is 9.80 Å². The van der Waals surface area contributed by atoms with Crippen LogP contribution in [-0.4, -0.2) is 53.1 Å². The maximum Gasteiger partial charge on any atom is 0.320 e. The van der Waals surface area contributed by atoms with Gasteiger partial charge in [-0.2, -0.15) is 0 Å². The van der Waals surface area contributed by atoms with Gasteiger partial charge in [-0.05, 0) is 25.2 Å². The highest BCUT2D eigenvalue weighted by atomic mass is 16.4. The minimum atomic E-state index is -0.813. The largest absolute Gasteiger partial charge is 0.481 e. The van der Waals surface area contributed by atoms with Gasteiger partial charge in [-0.15, -0.1) is 0 Å². The van der Waals surface area contributed by atoms with Gasteiger partial charge in [0.2, 0.25) is 0 Å². The molecule has 1 N–H and O–H groups in total. The molecular formula is C15H28N2O3. The van der Waals surface area contributed by atoms with Crippen molar-refractivity contribution >= 4 is 12.0 Å². The molecule has 1 aliphatic rings. The number of carboxylic acid groups (broad SMARTS) is 1. The smallest absolute Gasteiger partial charge is 0.320 e. The van der Waals surface area contributed by atoms with Crippen LogP contribution in [-0.2, 0) is 4.79 Å². The first-order chi connectivity index (χ1) is 9.15. The number of carbonyl (C=O) groups is 2. The summed E-state index contributed by atoms with van der Waals surface area (Å²) in [6, 6.07) is -0.0163. The van der Waals surface area contributed by atoms with Crippen molar-refractivity contribution in [3.63, 3.8) is 0 Å². The molecule has 2 amide bonds. The lowest BCUT2D eigenvalue weighted by molar-refractivity contribution is -0.147. The highest BCUT2D eigenvalue weighted by Crippen LogP contribution is 2.30. The summed E-state index contributed by atoms with van der Waals surface area (Å²) < 4.78 is 0. The molecule has 1 aliphatic heterocycles. The molecule has 1 heterocycles. The Kier molecular flexibility index (Phi) is 5.42. The van der Waals surface area contributed by atoms with Crippen molar-refractivity contribution in [3.8, 4) is 0 Å². The van der Waals surface area contributed by atoms with Crippen molar-refractivity contribution in [2.45, 2.75) is 41.0 Å². The number of hydrogen-bond donors (Lipinski definition) is 1. The predicted octanol–water partition coefficient (Wildman–Crippen LogP) is 2.52. The number of aliphatic carboxylic acids is 1. The molecule has 5 heteroatoms. The minimum absolute atomic E-state index is 0.0163. The summed E-state index contributed by atoms with van der Waals surface area (Å²) in [5, 5.41) is 9.25. The molecule has 0 bridgehead atoms. The number of hydrogen-bond acceptors (Lipinski definition) is 2. The molecular weight excluding hydrogens is 256 g/mol. The number of likely N-dealkylation sites (tertiary alicyclic amines) is 1. The first-order valence-electron chi connectivity index (χ1n) is 7.43. The molecule has 0 aromatic carbocycles. The molecule has 1 fully saturated rings. The molecule has 116 valence electrons. The Labute approximate surface area is 121 Å². The molecule has 1 rings (SSSR count). The van der Waals surface area contributed by atoms with Gasteiger partial charge >= 0.3 is 12.0 Å². The Morgan fingerprint density at radius 3 is 2.05 bits per heavy atom. The molecule has 0 aromatic heterocycles. The summed E-state index contributed by atoms with van der Waals surface area (Å²) >= 11 is 0. The zero-order chi connectivity index (χ0) is 15.5. The summed E-state index contributed by atoms with van der Waals surface area (Å²) in [4.78, 5) is 27.4. The maximum absolute atomic E-state index is 12.6. The molecule has 1 saturated heterocycles. The average Bonchev–Trinajstić information content (AvgIpc) is 2.70. The third kappa shape index (κ3) is 4.12. The number of carbonyl (C=O) groups excluding carboxylic acids is 1. The van der Waals surface area contributed by atoms with E-state index >= 15 is 0 Å². The molecule has 0 radical (unpaired) electrons. The lowest BCUT2D eigenvalue weighted by Gasteiger charge is -2.31. The van der Waals surface area contributed by atoms with E-state index in [0.717, 1.165) is 13.1 Å². The van der Waals surface area contributed by atoms with E-state index in [4.69, 9.17) is 0 Å². The van der Waals surface area contributed by atoms with E-state index in [-0.39, 0.29) is 6.03 Å². The summed E-state index contributed by atoms with van der Waals surface area (Å²) in [6.07, 6.45) is 0.533. The van der Waals surface area contributed by atoms with Gasteiger partial charge in [0.15, 0.2) is 0 Å². The second kappa shape index (κ2) is 6.46. The predicted molar refractivity (Wildman–Crippen MR) is 78.6 cm³/mol.